The summed E-state index contributed by atoms with van der Waals surface area (Å²) in [5, 5.41) is 12.7. The number of fused-ring (bicyclic) bond motifs is 2. The third kappa shape index (κ3) is 11.1. The van der Waals surface area contributed by atoms with E-state index in [1.54, 1.807) is 36.4 Å². The second-order valence-corrected chi connectivity index (χ2v) is 19.6. The molecule has 0 radical (unpaired) electrons. The van der Waals surface area contributed by atoms with Crippen molar-refractivity contribution < 1.29 is 58.1 Å². The van der Waals surface area contributed by atoms with Crippen LogP contribution in [0, 0.1) is 0 Å². The zero-order valence-corrected chi connectivity index (χ0v) is 34.1. The normalized spacial score (nSPS) is 18.1. The molecule has 2 aromatic carbocycles. The molecule has 296 valence electrons. The van der Waals surface area contributed by atoms with Crippen LogP contribution in [-0.4, -0.2) is 79.1 Å². The summed E-state index contributed by atoms with van der Waals surface area (Å²) in [7, 11) is -12.7. The molecular formula is C35H44ClN2O12S4+. The quantitative estimate of drug-likeness (QED) is 0.0227. The highest BCUT2D eigenvalue weighted by Crippen LogP contribution is 2.48. The van der Waals surface area contributed by atoms with E-state index in [9.17, 15) is 38.9 Å². The Labute approximate surface area is 325 Å². The average molecular weight is 848 g/mol. The van der Waals surface area contributed by atoms with Gasteiger partial charge in [-0.2, -0.15) is 29.8 Å². The van der Waals surface area contributed by atoms with Gasteiger partial charge in [-0.15, -0.1) is 4.33 Å². The number of allylic oxidation sites excluding steroid dienone is 8. The van der Waals surface area contributed by atoms with Gasteiger partial charge in [-0.1, -0.05) is 42.6 Å². The second kappa shape index (κ2) is 17.5. The zero-order valence-electron chi connectivity index (χ0n) is 30.0. The number of rotatable bonds is 18. The van der Waals surface area contributed by atoms with Gasteiger partial charge < -0.3 is 4.90 Å². The molecule has 4 N–H and O–H groups in total. The van der Waals surface area contributed by atoms with Crippen LogP contribution >= 0.6 is 23.6 Å². The third-order valence-electron chi connectivity index (χ3n) is 9.27. The van der Waals surface area contributed by atoms with E-state index in [2.05, 4.69) is 13.9 Å². The molecule has 0 aromatic heterocycles. The third-order valence-corrected chi connectivity index (χ3v) is 12.6. The highest BCUT2D eigenvalue weighted by Gasteiger charge is 2.44. The molecule has 2 heterocycles. The molecule has 19 heteroatoms. The molecule has 0 saturated heterocycles. The number of hydrogen-bond donors (Lipinski definition) is 4. The van der Waals surface area contributed by atoms with Gasteiger partial charge in [0.15, 0.2) is 5.71 Å². The van der Waals surface area contributed by atoms with Gasteiger partial charge in [-0.25, -0.2) is 5.26 Å². The summed E-state index contributed by atoms with van der Waals surface area (Å²) in [5.41, 5.74) is 3.63. The molecule has 2 aromatic rings. The molecule has 0 saturated carbocycles. The number of nitrogens with zero attached hydrogens (tertiary/aromatic N) is 2. The van der Waals surface area contributed by atoms with Crippen molar-refractivity contribution >= 4 is 71.1 Å². The highest BCUT2D eigenvalue weighted by molar-refractivity contribution is 7.94. The Morgan fingerprint density at radius 2 is 1.54 bits per heavy atom. The van der Waals surface area contributed by atoms with Gasteiger partial charge in [0.1, 0.15) is 6.54 Å². The van der Waals surface area contributed by atoms with Crippen LogP contribution in [0.1, 0.15) is 64.5 Å². The van der Waals surface area contributed by atoms with Crippen LogP contribution in [-0.2, 0) is 50.6 Å². The fourth-order valence-corrected chi connectivity index (χ4v) is 8.87. The topological polar surface area (TPSA) is 208 Å². The van der Waals surface area contributed by atoms with Gasteiger partial charge in [0, 0.05) is 57.4 Å². The maximum Gasteiger partial charge on any atom is 0.294 e. The van der Waals surface area contributed by atoms with Gasteiger partial charge >= 0.3 is 0 Å². The van der Waals surface area contributed by atoms with Crippen LogP contribution in [0.2, 0.25) is 0 Å². The molecule has 4 rings (SSSR count). The largest absolute Gasteiger partial charge is 0.344 e. The van der Waals surface area contributed by atoms with Gasteiger partial charge in [0.2, 0.25) is 5.69 Å². The first-order chi connectivity index (χ1) is 25.1. The summed E-state index contributed by atoms with van der Waals surface area (Å²) < 4.78 is 104. The summed E-state index contributed by atoms with van der Waals surface area (Å²) in [6.07, 6.45) is 12.0. The fraction of sp³-hybridized carbons (Fsp3) is 0.400. The second-order valence-electron chi connectivity index (χ2n) is 13.8. The summed E-state index contributed by atoms with van der Waals surface area (Å²) in [4.78, 5) is 2.38. The minimum absolute atomic E-state index is 0.203. The van der Waals surface area contributed by atoms with Crippen molar-refractivity contribution in [1.29, 1.82) is 0 Å². The van der Waals surface area contributed by atoms with Gasteiger partial charge in [-0.3, -0.25) is 13.7 Å². The van der Waals surface area contributed by atoms with E-state index in [-0.39, 0.29) is 23.5 Å². The molecule has 0 amide bonds. The lowest BCUT2D eigenvalue weighted by molar-refractivity contribution is -0.438. The fourth-order valence-electron chi connectivity index (χ4n) is 6.68. The van der Waals surface area contributed by atoms with Crippen molar-refractivity contribution in [2.75, 3.05) is 29.5 Å². The van der Waals surface area contributed by atoms with E-state index in [1.165, 1.54) is 12.1 Å². The van der Waals surface area contributed by atoms with Crippen molar-refractivity contribution in [2.24, 2.45) is 0 Å². The number of benzene rings is 2. The van der Waals surface area contributed by atoms with Crippen molar-refractivity contribution in [1.82, 2.24) is 0 Å². The zero-order chi connectivity index (χ0) is 40.1. The van der Waals surface area contributed by atoms with Crippen LogP contribution < -0.4 is 4.90 Å². The number of hydrogen-bond acceptors (Lipinski definition) is 11. The van der Waals surface area contributed by atoms with E-state index < -0.39 is 46.9 Å². The van der Waals surface area contributed by atoms with Gasteiger partial charge in [0.25, 0.3) is 30.4 Å². The number of anilines is 1. The van der Waals surface area contributed by atoms with Crippen LogP contribution in [0.15, 0.2) is 93.4 Å². The van der Waals surface area contributed by atoms with Gasteiger partial charge in [0.05, 0.1) is 33.9 Å². The van der Waals surface area contributed by atoms with E-state index in [4.69, 9.17) is 16.9 Å². The van der Waals surface area contributed by atoms with E-state index in [0.717, 1.165) is 34.7 Å². The average Bonchev–Trinajstić information content (AvgIpc) is 3.40. The minimum Gasteiger partial charge on any atom is -0.344 e. The monoisotopic (exact) mass is 847 g/mol. The SMILES string of the molecule is CC1(C)C(C=CC=C(Cl)C=C/C=C2/N(CCCCS(=O)(=O)O)c3ccc(S(=O)(=O)O)cc3C2(C)C)=[N+](CCCCS(=O)(=O)O)c2ccc(SOOO)cc21. The lowest BCUT2D eigenvalue weighted by atomic mass is 9.81. The van der Waals surface area contributed by atoms with E-state index in [0.29, 0.717) is 47.1 Å². The van der Waals surface area contributed by atoms with E-state index >= 15 is 0 Å². The van der Waals surface area contributed by atoms with Crippen molar-refractivity contribution in [3.8, 4) is 0 Å². The van der Waals surface area contributed by atoms with E-state index in [1.807, 2.05) is 56.9 Å². The minimum atomic E-state index is -4.47. The molecule has 14 nitrogen and oxygen atoms in total. The first-order valence-electron chi connectivity index (χ1n) is 16.7. The summed E-state index contributed by atoms with van der Waals surface area (Å²) >= 11 is 7.46. The summed E-state index contributed by atoms with van der Waals surface area (Å²) in [6.45, 7) is 8.71. The highest BCUT2D eigenvalue weighted by atomic mass is 35.5. The molecular weight excluding hydrogens is 804 g/mol. The predicted molar refractivity (Wildman–Crippen MR) is 208 cm³/mol. The lowest BCUT2D eigenvalue weighted by Crippen LogP contribution is -2.28. The van der Waals surface area contributed by atoms with Crippen LogP contribution in [0.25, 0.3) is 0 Å². The molecule has 0 spiro atoms. The van der Waals surface area contributed by atoms with Crippen molar-refractivity contribution in [3.05, 3.63) is 94.7 Å². The Bertz CT molecular complexity index is 2230. The molecule has 0 aliphatic carbocycles. The van der Waals surface area contributed by atoms with Crippen LogP contribution in [0.5, 0.6) is 0 Å². The number of unbranched alkanes of at least 4 members (excludes halogenated alkanes) is 2. The van der Waals surface area contributed by atoms with Crippen LogP contribution in [0.3, 0.4) is 0 Å². The summed E-state index contributed by atoms with van der Waals surface area (Å²) in [6, 6.07) is 9.93. The Balaban J connectivity index is 1.62. The molecule has 0 fully saturated rings. The Morgan fingerprint density at radius 3 is 2.17 bits per heavy atom. The molecule has 0 unspecified atom stereocenters. The smallest absolute Gasteiger partial charge is 0.294 e. The number of halogens is 1. The maximum atomic E-state index is 11.9. The van der Waals surface area contributed by atoms with Crippen molar-refractivity contribution in [3.63, 3.8) is 0 Å². The summed E-state index contributed by atoms with van der Waals surface area (Å²) in [5.74, 6) is -0.743. The van der Waals surface area contributed by atoms with Crippen LogP contribution in [0.4, 0.5) is 11.4 Å². The Morgan fingerprint density at radius 1 is 0.870 bits per heavy atom. The maximum absolute atomic E-state index is 11.9. The van der Waals surface area contributed by atoms with Gasteiger partial charge in [-0.05, 0) is 87.2 Å². The molecule has 0 atom stereocenters. The Hall–Kier alpha value is -2.88. The molecule has 2 aliphatic heterocycles. The Kier molecular flexibility index (Phi) is 14.2. The first kappa shape index (κ1) is 43.8. The predicted octanol–water partition coefficient (Wildman–Crippen LogP) is 6.99. The first-order valence-corrected chi connectivity index (χ1v) is 22.5. The standard InChI is InChI=1S/C35H43ClN2O12S4/c1-34(2)28-23-26(51-50-49-39)15-17-30(28)37(19-5-7-21-52(40,41)42)32(34)13-9-11-25(36)12-10-14-33-35(3,4)29-24-27(54(46,47)48)16-18-31(29)38(33)20-6-8-22-53(43,44)45/h9-18,23-24H,5-8,19-22H2,1-4H3,(H3-,39,40,41,42,43,44,45,46,47,48)/p+1. The lowest BCUT2D eigenvalue weighted by Gasteiger charge is -2.27. The molecule has 54 heavy (non-hydrogen) atoms. The molecule has 0 bridgehead atoms. The molecule has 2 aliphatic rings. The van der Waals surface area contributed by atoms with Crippen molar-refractivity contribution in [2.45, 2.75) is 74.0 Å².